The zero-order valence-corrected chi connectivity index (χ0v) is 7.63. The topological polar surface area (TPSA) is 29.4 Å². The molecule has 1 aromatic carbocycles. The van der Waals surface area contributed by atoms with Gasteiger partial charge in [-0.25, -0.2) is 4.36 Å². The molecule has 64 valence electrons. The number of thiol groups is 1. The summed E-state index contributed by atoms with van der Waals surface area (Å²) in [6.45, 7) is 0.715. The van der Waals surface area contributed by atoms with Crippen LogP contribution in [0, 0.1) is 0 Å². The van der Waals surface area contributed by atoms with Crippen molar-refractivity contribution >= 4 is 10.6 Å². The fourth-order valence-corrected chi connectivity index (χ4v) is 2.46. The molecule has 1 unspecified atom stereocenters. The molecular weight excluding hydrogens is 170 g/mol. The average Bonchev–Trinajstić information content (AvgIpc) is 2.25. The molecule has 0 fully saturated rings. The van der Waals surface area contributed by atoms with Crippen LogP contribution in [0.3, 0.4) is 0 Å². The summed E-state index contributed by atoms with van der Waals surface area (Å²) in [5, 5.41) is 0. The Kier molecular flexibility index (Phi) is 2.13. The molecule has 0 radical (unpaired) electrons. The van der Waals surface area contributed by atoms with E-state index in [4.69, 9.17) is 0 Å². The van der Waals surface area contributed by atoms with Crippen molar-refractivity contribution in [2.45, 2.75) is 12.2 Å². The molecule has 0 N–H and O–H groups in total. The molecule has 1 aliphatic heterocycles. The Labute approximate surface area is 73.8 Å². The first kappa shape index (κ1) is 7.80. The molecule has 2 nitrogen and oxygen atoms in total. The van der Waals surface area contributed by atoms with Gasteiger partial charge in [0.15, 0.2) is 0 Å². The fourth-order valence-electron chi connectivity index (χ4n) is 1.43. The van der Waals surface area contributed by atoms with E-state index in [9.17, 15) is 4.21 Å². The smallest absolute Gasteiger partial charge is 0.0544 e. The largest absolute Gasteiger partial charge is 0.252 e. The van der Waals surface area contributed by atoms with Crippen LogP contribution in [-0.2, 0) is 22.8 Å². The maximum absolute atomic E-state index is 11.2. The third kappa shape index (κ3) is 1.50. The molecular formula is C9H11NOS. The molecule has 1 aromatic rings. The summed E-state index contributed by atoms with van der Waals surface area (Å²) in [5.41, 5.74) is 2.52. The Bertz CT molecular complexity index is 367. The quantitative estimate of drug-likeness (QED) is 0.602. The van der Waals surface area contributed by atoms with Crippen LogP contribution in [0.5, 0.6) is 0 Å². The SMILES string of the molecule is O=[SH]1=NCCc2ccccc2C1. The molecule has 0 bridgehead atoms. The van der Waals surface area contributed by atoms with Crippen molar-refractivity contribution in [2.75, 3.05) is 6.54 Å². The molecule has 0 amide bonds. The highest BCUT2D eigenvalue weighted by atomic mass is 32.2. The van der Waals surface area contributed by atoms with E-state index in [-0.39, 0.29) is 0 Å². The van der Waals surface area contributed by atoms with Gasteiger partial charge in [0.25, 0.3) is 0 Å². The van der Waals surface area contributed by atoms with Crippen LogP contribution in [0.2, 0.25) is 0 Å². The molecule has 0 saturated carbocycles. The average molecular weight is 181 g/mol. The lowest BCUT2D eigenvalue weighted by Gasteiger charge is -2.01. The number of benzene rings is 1. The van der Waals surface area contributed by atoms with E-state index in [1.807, 2.05) is 18.2 Å². The predicted octanol–water partition coefficient (Wildman–Crippen LogP) is 1.41. The molecule has 1 heterocycles. The number of rotatable bonds is 0. The number of hydrogen-bond acceptors (Lipinski definition) is 2. The van der Waals surface area contributed by atoms with E-state index in [0.29, 0.717) is 12.3 Å². The molecule has 0 aromatic heterocycles. The first-order valence-electron chi connectivity index (χ1n) is 4.05. The van der Waals surface area contributed by atoms with Gasteiger partial charge in [0, 0.05) is 10.6 Å². The zero-order valence-electron chi connectivity index (χ0n) is 6.73. The third-order valence-corrected chi connectivity index (χ3v) is 3.19. The zero-order chi connectivity index (χ0) is 8.39. The molecule has 3 heteroatoms. The summed E-state index contributed by atoms with van der Waals surface area (Å²) in [6, 6.07) is 8.16. The van der Waals surface area contributed by atoms with Gasteiger partial charge in [-0.3, -0.25) is 4.21 Å². The standard InChI is InChI=1S/C9H11NOS/c11-12-7-9-4-2-1-3-8(9)5-6-10-12/h1-4,12H,5-7H2. The number of nitrogens with zero attached hydrogens (tertiary/aromatic N) is 1. The minimum atomic E-state index is -1.33. The molecule has 0 saturated heterocycles. The predicted molar refractivity (Wildman–Crippen MR) is 50.7 cm³/mol. The van der Waals surface area contributed by atoms with Crippen LogP contribution in [0.25, 0.3) is 0 Å². The molecule has 0 aliphatic carbocycles. The Morgan fingerprint density at radius 2 is 2.00 bits per heavy atom. The second-order valence-electron chi connectivity index (χ2n) is 2.89. The summed E-state index contributed by atoms with van der Waals surface area (Å²) in [6.07, 6.45) is 0.942. The third-order valence-electron chi connectivity index (χ3n) is 2.06. The van der Waals surface area contributed by atoms with Crippen molar-refractivity contribution < 1.29 is 4.21 Å². The lowest BCUT2D eigenvalue weighted by molar-refractivity contribution is 0.687. The molecule has 2 rings (SSSR count). The number of hydrogen-bond donors (Lipinski definition) is 1. The Morgan fingerprint density at radius 3 is 2.83 bits per heavy atom. The van der Waals surface area contributed by atoms with Gasteiger partial charge in [0.05, 0.1) is 12.3 Å². The van der Waals surface area contributed by atoms with Crippen LogP contribution in [0.15, 0.2) is 28.6 Å². The fraction of sp³-hybridized carbons (Fsp3) is 0.333. The highest BCUT2D eigenvalue weighted by Crippen LogP contribution is 2.13. The second kappa shape index (κ2) is 3.27. The summed E-state index contributed by atoms with van der Waals surface area (Å²) >= 11 is 0. The summed E-state index contributed by atoms with van der Waals surface area (Å²) in [5.74, 6) is 0.630. The number of fused-ring (bicyclic) bond motifs is 1. The first-order chi connectivity index (χ1) is 5.86. The van der Waals surface area contributed by atoms with Crippen LogP contribution >= 0.6 is 0 Å². The lowest BCUT2D eigenvalue weighted by atomic mass is 10.1. The van der Waals surface area contributed by atoms with Gasteiger partial charge in [0.2, 0.25) is 0 Å². The van der Waals surface area contributed by atoms with Gasteiger partial charge in [-0.1, -0.05) is 24.3 Å². The maximum Gasteiger partial charge on any atom is 0.0544 e. The van der Waals surface area contributed by atoms with E-state index in [1.54, 1.807) is 0 Å². The lowest BCUT2D eigenvalue weighted by Crippen LogP contribution is -1.91. The van der Waals surface area contributed by atoms with Crippen molar-refractivity contribution in [3.8, 4) is 0 Å². The van der Waals surface area contributed by atoms with Crippen LogP contribution in [0.1, 0.15) is 11.1 Å². The Morgan fingerprint density at radius 1 is 1.25 bits per heavy atom. The van der Waals surface area contributed by atoms with Crippen LogP contribution in [-0.4, -0.2) is 10.8 Å². The van der Waals surface area contributed by atoms with Gasteiger partial charge in [-0.05, 0) is 17.5 Å². The highest BCUT2D eigenvalue weighted by Gasteiger charge is 2.04. The van der Waals surface area contributed by atoms with Crippen molar-refractivity contribution in [3.63, 3.8) is 0 Å². The van der Waals surface area contributed by atoms with Gasteiger partial charge in [-0.15, -0.1) is 0 Å². The van der Waals surface area contributed by atoms with Gasteiger partial charge in [0.1, 0.15) is 0 Å². The van der Waals surface area contributed by atoms with Crippen LogP contribution in [0.4, 0.5) is 0 Å². The van der Waals surface area contributed by atoms with Crippen LogP contribution < -0.4 is 0 Å². The molecule has 1 aliphatic rings. The summed E-state index contributed by atoms with van der Waals surface area (Å²) in [7, 11) is -1.33. The maximum atomic E-state index is 11.2. The summed E-state index contributed by atoms with van der Waals surface area (Å²) < 4.78 is 15.3. The molecule has 1 atom stereocenters. The Hall–Kier alpha value is -0.830. The van der Waals surface area contributed by atoms with E-state index in [0.717, 1.165) is 6.42 Å². The van der Waals surface area contributed by atoms with E-state index in [2.05, 4.69) is 10.4 Å². The second-order valence-corrected chi connectivity index (χ2v) is 4.20. The minimum absolute atomic E-state index is 0.630. The normalized spacial score (nSPS) is 22.2. The summed E-state index contributed by atoms with van der Waals surface area (Å²) in [4.78, 5) is 0. The molecule has 0 spiro atoms. The highest BCUT2D eigenvalue weighted by molar-refractivity contribution is 7.74. The van der Waals surface area contributed by atoms with E-state index in [1.165, 1.54) is 11.1 Å². The van der Waals surface area contributed by atoms with E-state index >= 15 is 0 Å². The molecule has 12 heavy (non-hydrogen) atoms. The van der Waals surface area contributed by atoms with Crippen molar-refractivity contribution in [1.29, 1.82) is 0 Å². The van der Waals surface area contributed by atoms with Crippen molar-refractivity contribution in [1.82, 2.24) is 0 Å². The van der Waals surface area contributed by atoms with Crippen molar-refractivity contribution in [2.24, 2.45) is 4.36 Å². The van der Waals surface area contributed by atoms with Gasteiger partial charge in [-0.2, -0.15) is 0 Å². The van der Waals surface area contributed by atoms with Crippen molar-refractivity contribution in [3.05, 3.63) is 35.4 Å². The van der Waals surface area contributed by atoms with E-state index < -0.39 is 10.6 Å². The van der Waals surface area contributed by atoms with Gasteiger partial charge >= 0.3 is 0 Å². The minimum Gasteiger partial charge on any atom is -0.252 e. The monoisotopic (exact) mass is 181 g/mol. The first-order valence-corrected chi connectivity index (χ1v) is 5.45. The Balaban J connectivity index is 2.45. The van der Waals surface area contributed by atoms with Gasteiger partial charge < -0.3 is 0 Å².